The first kappa shape index (κ1) is 10.9. The summed E-state index contributed by atoms with van der Waals surface area (Å²) in [6, 6.07) is 3.45. The van der Waals surface area contributed by atoms with Gasteiger partial charge in [0.2, 0.25) is 11.8 Å². The second kappa shape index (κ2) is 3.16. The van der Waals surface area contributed by atoms with Crippen molar-refractivity contribution in [2.24, 2.45) is 17.3 Å². The highest BCUT2D eigenvalue weighted by Crippen LogP contribution is 2.63. The second-order valence-corrected chi connectivity index (χ2v) is 6.04. The fourth-order valence-corrected chi connectivity index (χ4v) is 3.01. The van der Waals surface area contributed by atoms with E-state index in [1.807, 2.05) is 13.8 Å². The number of fused-ring (bicyclic) bond motifs is 1. The lowest BCUT2D eigenvalue weighted by Gasteiger charge is -2.19. The Morgan fingerprint density at radius 3 is 2.41 bits per heavy atom. The van der Waals surface area contributed by atoms with Crippen molar-refractivity contribution in [2.45, 2.75) is 13.8 Å². The van der Waals surface area contributed by atoms with Gasteiger partial charge in [-0.1, -0.05) is 29.8 Å². The summed E-state index contributed by atoms with van der Waals surface area (Å²) in [5.74, 6) is -0.130. The maximum absolute atomic E-state index is 12.1. The molecular formula is C12H11BrN2O2. The molecule has 0 aromatic carbocycles. The Kier molecular flexibility index (Phi) is 2.03. The van der Waals surface area contributed by atoms with Crippen molar-refractivity contribution in [3.8, 4) is 0 Å². The number of anilines is 1. The van der Waals surface area contributed by atoms with Crippen LogP contribution in [0.5, 0.6) is 0 Å². The Labute approximate surface area is 107 Å². The van der Waals surface area contributed by atoms with E-state index in [4.69, 9.17) is 0 Å². The Hall–Kier alpha value is -1.23. The predicted octanol–water partition coefficient (Wildman–Crippen LogP) is 1.99. The molecular weight excluding hydrogens is 284 g/mol. The molecule has 1 aromatic heterocycles. The molecule has 5 heteroatoms. The van der Waals surface area contributed by atoms with E-state index in [2.05, 4.69) is 20.9 Å². The largest absolute Gasteiger partial charge is 0.274 e. The van der Waals surface area contributed by atoms with Gasteiger partial charge >= 0.3 is 0 Å². The molecule has 0 spiro atoms. The number of halogens is 1. The molecule has 2 heterocycles. The van der Waals surface area contributed by atoms with Gasteiger partial charge in [-0.25, -0.2) is 9.88 Å². The lowest BCUT2D eigenvalue weighted by atomic mass is 10.1. The zero-order valence-electron chi connectivity index (χ0n) is 9.48. The number of imide groups is 1. The smallest absolute Gasteiger partial charge is 0.239 e. The van der Waals surface area contributed by atoms with Gasteiger partial charge in [0, 0.05) is 10.7 Å². The number of carbonyl (C=O) groups is 2. The first-order chi connectivity index (χ1) is 7.94. The molecule has 0 N–H and O–H groups in total. The quantitative estimate of drug-likeness (QED) is 0.744. The minimum absolute atomic E-state index is 0.115. The summed E-state index contributed by atoms with van der Waals surface area (Å²) in [6.45, 7) is 3.92. The van der Waals surface area contributed by atoms with Crippen LogP contribution >= 0.6 is 15.9 Å². The van der Waals surface area contributed by atoms with E-state index in [1.165, 1.54) is 4.90 Å². The van der Waals surface area contributed by atoms with Gasteiger partial charge in [-0.05, 0) is 17.5 Å². The van der Waals surface area contributed by atoms with E-state index >= 15 is 0 Å². The first-order valence-corrected chi connectivity index (χ1v) is 6.23. The molecule has 0 radical (unpaired) electrons. The zero-order chi connectivity index (χ0) is 12.4. The Morgan fingerprint density at radius 2 is 1.88 bits per heavy atom. The molecule has 17 heavy (non-hydrogen) atoms. The fourth-order valence-electron chi connectivity index (χ4n) is 2.69. The number of carbonyl (C=O) groups excluding carboxylic acids is 2. The summed E-state index contributed by atoms with van der Waals surface area (Å²) in [5.41, 5.74) is -0.170. The molecule has 88 valence electrons. The fraction of sp³-hybridized carbons (Fsp3) is 0.417. The minimum atomic E-state index is -0.170. The maximum Gasteiger partial charge on any atom is 0.239 e. The molecule has 1 saturated carbocycles. The molecule has 2 atom stereocenters. The maximum atomic E-state index is 12.1. The average Bonchev–Trinajstić information content (AvgIpc) is 2.68. The van der Waals surface area contributed by atoms with E-state index < -0.39 is 0 Å². The van der Waals surface area contributed by atoms with Gasteiger partial charge in [-0.3, -0.25) is 9.59 Å². The first-order valence-electron chi connectivity index (χ1n) is 5.44. The monoisotopic (exact) mass is 294 g/mol. The SMILES string of the molecule is CC1(C)C2C(=O)N(c3cc(Br)ccn3)C(=O)C21. The molecule has 1 aliphatic heterocycles. The van der Waals surface area contributed by atoms with Gasteiger partial charge in [-0.15, -0.1) is 0 Å². The number of pyridine rings is 1. The number of hydrogen-bond donors (Lipinski definition) is 0. The number of aromatic nitrogens is 1. The third-order valence-electron chi connectivity index (χ3n) is 3.74. The topological polar surface area (TPSA) is 50.3 Å². The third kappa shape index (κ3) is 1.32. The summed E-state index contributed by atoms with van der Waals surface area (Å²) in [7, 11) is 0. The third-order valence-corrected chi connectivity index (χ3v) is 4.23. The van der Waals surface area contributed by atoms with Crippen LogP contribution in [-0.4, -0.2) is 16.8 Å². The number of nitrogens with zero attached hydrogens (tertiary/aromatic N) is 2. The van der Waals surface area contributed by atoms with Crippen LogP contribution in [0.4, 0.5) is 5.82 Å². The number of amides is 2. The zero-order valence-corrected chi connectivity index (χ0v) is 11.1. The van der Waals surface area contributed by atoms with Crippen molar-refractivity contribution in [3.63, 3.8) is 0 Å². The summed E-state index contributed by atoms with van der Waals surface area (Å²) in [5, 5.41) is 0. The number of piperidine rings is 1. The van der Waals surface area contributed by atoms with Crippen LogP contribution in [0.25, 0.3) is 0 Å². The van der Waals surface area contributed by atoms with E-state index in [9.17, 15) is 9.59 Å². The lowest BCUT2D eigenvalue weighted by molar-refractivity contribution is -0.125. The predicted molar refractivity (Wildman–Crippen MR) is 65.2 cm³/mol. The van der Waals surface area contributed by atoms with Crippen LogP contribution in [0.15, 0.2) is 22.8 Å². The molecule has 1 aromatic rings. The summed E-state index contributed by atoms with van der Waals surface area (Å²) in [6.07, 6.45) is 1.58. The molecule has 3 rings (SSSR count). The van der Waals surface area contributed by atoms with Gasteiger partial charge in [0.05, 0.1) is 11.8 Å². The van der Waals surface area contributed by atoms with Crippen molar-refractivity contribution < 1.29 is 9.59 Å². The Bertz CT molecular complexity index is 517. The van der Waals surface area contributed by atoms with E-state index in [0.717, 1.165) is 4.47 Å². The van der Waals surface area contributed by atoms with Crippen LogP contribution in [0.2, 0.25) is 0 Å². The Balaban J connectivity index is 1.98. The van der Waals surface area contributed by atoms with Gasteiger partial charge < -0.3 is 0 Å². The van der Waals surface area contributed by atoms with Crippen LogP contribution in [-0.2, 0) is 9.59 Å². The normalized spacial score (nSPS) is 29.5. The summed E-state index contributed by atoms with van der Waals surface area (Å²) < 4.78 is 0.808. The summed E-state index contributed by atoms with van der Waals surface area (Å²) in [4.78, 5) is 29.6. The van der Waals surface area contributed by atoms with Crippen LogP contribution in [0.3, 0.4) is 0 Å². The molecule has 2 unspecified atom stereocenters. The van der Waals surface area contributed by atoms with Crippen LogP contribution < -0.4 is 4.90 Å². The van der Waals surface area contributed by atoms with Gasteiger partial charge in [-0.2, -0.15) is 0 Å². The van der Waals surface area contributed by atoms with Crippen molar-refractivity contribution in [1.82, 2.24) is 4.98 Å². The van der Waals surface area contributed by atoms with E-state index in [1.54, 1.807) is 18.3 Å². The molecule has 0 bridgehead atoms. The molecule has 1 aliphatic carbocycles. The van der Waals surface area contributed by atoms with Gasteiger partial charge in [0.25, 0.3) is 0 Å². The highest BCUT2D eigenvalue weighted by atomic mass is 79.9. The van der Waals surface area contributed by atoms with Gasteiger partial charge in [0.1, 0.15) is 5.82 Å². The second-order valence-electron chi connectivity index (χ2n) is 5.12. The van der Waals surface area contributed by atoms with Crippen LogP contribution in [0.1, 0.15) is 13.8 Å². The minimum Gasteiger partial charge on any atom is -0.274 e. The van der Waals surface area contributed by atoms with E-state index in [0.29, 0.717) is 5.82 Å². The van der Waals surface area contributed by atoms with Crippen molar-refractivity contribution in [3.05, 3.63) is 22.8 Å². The van der Waals surface area contributed by atoms with Gasteiger partial charge in [0.15, 0.2) is 0 Å². The standard InChI is InChI=1S/C12H11BrN2O2/c1-12(2)8-9(12)11(17)15(10(8)16)7-5-6(13)3-4-14-7/h3-5,8-9H,1-2H3. The van der Waals surface area contributed by atoms with Crippen molar-refractivity contribution in [2.75, 3.05) is 4.90 Å². The average molecular weight is 295 g/mol. The molecule has 2 aliphatic rings. The molecule has 2 fully saturated rings. The number of hydrogen-bond acceptors (Lipinski definition) is 3. The lowest BCUT2D eigenvalue weighted by Crippen LogP contribution is -2.36. The van der Waals surface area contributed by atoms with Crippen molar-refractivity contribution in [1.29, 1.82) is 0 Å². The highest BCUT2D eigenvalue weighted by molar-refractivity contribution is 9.10. The summed E-state index contributed by atoms with van der Waals surface area (Å²) >= 11 is 3.31. The Morgan fingerprint density at radius 1 is 1.29 bits per heavy atom. The highest BCUT2D eigenvalue weighted by Gasteiger charge is 2.72. The van der Waals surface area contributed by atoms with Crippen molar-refractivity contribution >= 4 is 33.6 Å². The molecule has 1 saturated heterocycles. The molecule has 2 amide bonds. The molecule has 4 nitrogen and oxygen atoms in total. The van der Waals surface area contributed by atoms with E-state index in [-0.39, 0.29) is 29.1 Å². The van der Waals surface area contributed by atoms with Crippen LogP contribution in [0, 0.1) is 17.3 Å². The number of rotatable bonds is 1.